The third-order valence-corrected chi connectivity index (χ3v) is 3.66. The first-order valence-corrected chi connectivity index (χ1v) is 6.55. The molecule has 0 N–H and O–H groups in total. The Hall–Kier alpha value is -1.32. The second kappa shape index (κ2) is 4.75. The van der Waals surface area contributed by atoms with E-state index in [9.17, 15) is 4.79 Å². The summed E-state index contributed by atoms with van der Waals surface area (Å²) in [7, 11) is 0. The molecule has 2 unspecified atom stereocenters. The van der Waals surface area contributed by atoms with E-state index in [1.165, 1.54) is 0 Å². The number of carbonyl (C=O) groups is 1. The van der Waals surface area contributed by atoms with E-state index >= 15 is 0 Å². The Labute approximate surface area is 108 Å². The maximum atomic E-state index is 12.3. The van der Waals surface area contributed by atoms with Gasteiger partial charge in [0, 0.05) is 6.42 Å². The maximum absolute atomic E-state index is 12.3. The summed E-state index contributed by atoms with van der Waals surface area (Å²) in [6.07, 6.45) is 2.64. The fraction of sp³-hybridized carbons (Fsp3) is 0.714. The van der Waals surface area contributed by atoms with Crippen LogP contribution in [0.3, 0.4) is 0 Å². The lowest BCUT2D eigenvalue weighted by molar-refractivity contribution is -0.170. The van der Waals surface area contributed by atoms with Crippen LogP contribution in [0, 0.1) is 11.8 Å². The van der Waals surface area contributed by atoms with E-state index in [-0.39, 0.29) is 18.5 Å². The highest BCUT2D eigenvalue weighted by Crippen LogP contribution is 2.46. The van der Waals surface area contributed by atoms with Crippen molar-refractivity contribution in [3.8, 4) is 0 Å². The van der Waals surface area contributed by atoms with Gasteiger partial charge in [-0.2, -0.15) is 0 Å². The first kappa shape index (κ1) is 13.1. The third-order valence-electron chi connectivity index (χ3n) is 3.66. The van der Waals surface area contributed by atoms with Crippen LogP contribution in [0.25, 0.3) is 0 Å². The second-order valence-electron chi connectivity index (χ2n) is 5.63. The van der Waals surface area contributed by atoms with Crippen molar-refractivity contribution >= 4 is 11.7 Å². The Kier molecular flexibility index (Phi) is 3.46. The van der Waals surface area contributed by atoms with Gasteiger partial charge >= 0.3 is 5.97 Å². The van der Waals surface area contributed by atoms with Crippen molar-refractivity contribution in [2.24, 2.45) is 17.0 Å². The third kappa shape index (κ3) is 2.04. The molecule has 1 aliphatic carbocycles. The number of hydrogen-bond donors (Lipinski definition) is 0. The zero-order valence-electron chi connectivity index (χ0n) is 11.4. The molecule has 0 bridgehead atoms. The number of carbonyl (C=O) groups excluding carboxylic acids is 1. The van der Waals surface area contributed by atoms with Crippen molar-refractivity contribution in [1.29, 1.82) is 0 Å². The average molecular weight is 251 g/mol. The molecule has 0 aromatic heterocycles. The zero-order chi connectivity index (χ0) is 13.3. The summed E-state index contributed by atoms with van der Waals surface area (Å²) >= 11 is 0. The van der Waals surface area contributed by atoms with Crippen LogP contribution in [0.4, 0.5) is 0 Å². The molecule has 2 atom stereocenters. The fourth-order valence-corrected chi connectivity index (χ4v) is 2.77. The van der Waals surface area contributed by atoms with Crippen LogP contribution in [-0.2, 0) is 14.4 Å². The van der Waals surface area contributed by atoms with Gasteiger partial charge in [0.25, 0.3) is 0 Å². The predicted molar refractivity (Wildman–Crippen MR) is 69.2 cm³/mol. The molecule has 0 saturated heterocycles. The Balaban J connectivity index is 2.12. The molecule has 0 radical (unpaired) electrons. The predicted octanol–water partition coefficient (Wildman–Crippen LogP) is 2.69. The number of oxime groups is 1. The monoisotopic (exact) mass is 251 g/mol. The number of fused-ring (bicyclic) bond motifs is 1. The molecule has 18 heavy (non-hydrogen) atoms. The average Bonchev–Trinajstić information content (AvgIpc) is 2.83. The van der Waals surface area contributed by atoms with Gasteiger partial charge in [-0.3, -0.25) is 0 Å². The minimum absolute atomic E-state index is 0.0927. The van der Waals surface area contributed by atoms with Crippen LogP contribution >= 0.6 is 0 Å². The zero-order valence-corrected chi connectivity index (χ0v) is 11.4. The van der Waals surface area contributed by atoms with Crippen molar-refractivity contribution < 1.29 is 14.4 Å². The highest BCUT2D eigenvalue weighted by Gasteiger charge is 2.59. The first-order chi connectivity index (χ1) is 8.47. The van der Waals surface area contributed by atoms with Crippen molar-refractivity contribution in [3.05, 3.63) is 12.2 Å². The molecule has 100 valence electrons. The van der Waals surface area contributed by atoms with Gasteiger partial charge in [0.2, 0.25) is 5.60 Å². The van der Waals surface area contributed by atoms with Gasteiger partial charge < -0.3 is 9.57 Å². The van der Waals surface area contributed by atoms with Gasteiger partial charge in [-0.15, -0.1) is 0 Å². The largest absolute Gasteiger partial charge is 0.458 e. The SMILES string of the molecule is C=C(C)COC(=O)C12CCCC1C(C(C)C)=NO2. The lowest BCUT2D eigenvalue weighted by Gasteiger charge is -2.25. The standard InChI is InChI=1S/C14H21NO3/c1-9(2)8-17-13(16)14-7-5-6-11(14)12(10(3)4)15-18-14/h10-11H,1,5-8H2,2-4H3. The smallest absolute Gasteiger partial charge is 0.354 e. The number of rotatable bonds is 4. The molecule has 4 heteroatoms. The van der Waals surface area contributed by atoms with Gasteiger partial charge in [0.1, 0.15) is 6.61 Å². The molecule has 0 amide bonds. The van der Waals surface area contributed by atoms with E-state index in [0.29, 0.717) is 12.3 Å². The maximum Gasteiger partial charge on any atom is 0.354 e. The quantitative estimate of drug-likeness (QED) is 0.570. The molecular formula is C14H21NO3. The van der Waals surface area contributed by atoms with E-state index in [1.807, 2.05) is 6.92 Å². The number of hydrogen-bond acceptors (Lipinski definition) is 4. The lowest BCUT2D eigenvalue weighted by Crippen LogP contribution is -2.44. The summed E-state index contributed by atoms with van der Waals surface area (Å²) in [4.78, 5) is 17.8. The molecule has 1 fully saturated rings. The van der Waals surface area contributed by atoms with Crippen LogP contribution in [0.2, 0.25) is 0 Å². The Morgan fingerprint density at radius 1 is 1.67 bits per heavy atom. The summed E-state index contributed by atoms with van der Waals surface area (Å²) in [6, 6.07) is 0. The Morgan fingerprint density at radius 2 is 2.39 bits per heavy atom. The van der Waals surface area contributed by atoms with E-state index in [1.54, 1.807) is 0 Å². The molecule has 2 aliphatic rings. The molecule has 1 heterocycles. The minimum atomic E-state index is -0.852. The van der Waals surface area contributed by atoms with Gasteiger partial charge in [0.15, 0.2) is 0 Å². The highest BCUT2D eigenvalue weighted by molar-refractivity contribution is 5.97. The van der Waals surface area contributed by atoms with Crippen molar-refractivity contribution in [3.63, 3.8) is 0 Å². The summed E-state index contributed by atoms with van der Waals surface area (Å²) in [5.41, 5.74) is 0.978. The Bertz CT molecular complexity index is 400. The summed E-state index contributed by atoms with van der Waals surface area (Å²) < 4.78 is 5.28. The van der Waals surface area contributed by atoms with E-state index in [2.05, 4.69) is 25.6 Å². The minimum Gasteiger partial charge on any atom is -0.458 e. The first-order valence-electron chi connectivity index (χ1n) is 6.55. The molecule has 0 aromatic rings. The molecule has 1 saturated carbocycles. The van der Waals surface area contributed by atoms with Crippen LogP contribution in [0.1, 0.15) is 40.0 Å². The van der Waals surface area contributed by atoms with Gasteiger partial charge in [-0.25, -0.2) is 4.79 Å². The van der Waals surface area contributed by atoms with Crippen LogP contribution in [0.15, 0.2) is 17.3 Å². The van der Waals surface area contributed by atoms with E-state index in [0.717, 1.165) is 24.1 Å². The van der Waals surface area contributed by atoms with E-state index < -0.39 is 5.60 Å². The summed E-state index contributed by atoms with van der Waals surface area (Å²) in [6.45, 7) is 9.99. The molecule has 4 nitrogen and oxygen atoms in total. The number of nitrogens with zero attached hydrogens (tertiary/aromatic N) is 1. The van der Waals surface area contributed by atoms with Gasteiger partial charge in [-0.1, -0.05) is 25.6 Å². The van der Waals surface area contributed by atoms with Crippen LogP contribution in [-0.4, -0.2) is 23.9 Å². The number of esters is 1. The fourth-order valence-electron chi connectivity index (χ4n) is 2.77. The normalized spacial score (nSPS) is 29.8. The second-order valence-corrected chi connectivity index (χ2v) is 5.63. The van der Waals surface area contributed by atoms with Crippen LogP contribution < -0.4 is 0 Å². The topological polar surface area (TPSA) is 47.9 Å². The van der Waals surface area contributed by atoms with Crippen molar-refractivity contribution in [1.82, 2.24) is 0 Å². The molecule has 0 aromatic carbocycles. The van der Waals surface area contributed by atoms with Gasteiger partial charge in [0.05, 0.1) is 11.6 Å². The molecule has 1 aliphatic heterocycles. The lowest BCUT2D eigenvalue weighted by atomic mass is 9.83. The molecular weight excluding hydrogens is 230 g/mol. The van der Waals surface area contributed by atoms with Crippen molar-refractivity contribution in [2.75, 3.05) is 6.61 Å². The molecule has 0 spiro atoms. The number of ether oxygens (including phenoxy) is 1. The van der Waals surface area contributed by atoms with Crippen LogP contribution in [0.5, 0.6) is 0 Å². The molecule has 2 rings (SSSR count). The van der Waals surface area contributed by atoms with Crippen molar-refractivity contribution in [2.45, 2.75) is 45.6 Å². The van der Waals surface area contributed by atoms with E-state index in [4.69, 9.17) is 9.57 Å². The summed E-state index contributed by atoms with van der Waals surface area (Å²) in [5.74, 6) is 0.117. The highest BCUT2D eigenvalue weighted by atomic mass is 16.7. The summed E-state index contributed by atoms with van der Waals surface area (Å²) in [5, 5.41) is 4.13. The Morgan fingerprint density at radius 3 is 3.00 bits per heavy atom. The van der Waals surface area contributed by atoms with Gasteiger partial charge in [-0.05, 0) is 31.3 Å².